The normalized spacial score (nSPS) is 18.2. The standard InChI is InChI=1S/C19H16N2O5/c22-17-10-26-16-6-5-12(7-14(16)20-17)18(23)21-9-13-4-2-1-3-11(13)8-15(21)19(24)25/h1-7,15H,8-10H2,(H,20,22)(H,24,25)/t15-/m0/s1. The van der Waals surface area contributed by atoms with Gasteiger partial charge in [0.15, 0.2) is 6.61 Å². The molecule has 0 aliphatic carbocycles. The van der Waals surface area contributed by atoms with Crippen LogP contribution in [0.25, 0.3) is 0 Å². The highest BCUT2D eigenvalue weighted by Gasteiger charge is 2.35. The first-order valence-electron chi connectivity index (χ1n) is 8.20. The van der Waals surface area contributed by atoms with Gasteiger partial charge >= 0.3 is 5.97 Å². The van der Waals surface area contributed by atoms with E-state index < -0.39 is 17.9 Å². The summed E-state index contributed by atoms with van der Waals surface area (Å²) in [5.74, 6) is -1.24. The van der Waals surface area contributed by atoms with Gasteiger partial charge in [0.2, 0.25) is 0 Å². The lowest BCUT2D eigenvalue weighted by atomic mass is 9.93. The lowest BCUT2D eigenvalue weighted by molar-refractivity contribution is -0.142. The number of nitrogens with one attached hydrogen (secondary N) is 1. The number of hydrogen-bond donors (Lipinski definition) is 2. The molecule has 0 saturated carbocycles. The highest BCUT2D eigenvalue weighted by molar-refractivity contribution is 6.01. The van der Waals surface area contributed by atoms with Gasteiger partial charge in [-0.2, -0.15) is 0 Å². The number of amides is 2. The highest BCUT2D eigenvalue weighted by Crippen LogP contribution is 2.30. The average Bonchev–Trinajstić information content (AvgIpc) is 2.65. The molecule has 0 bridgehead atoms. The molecule has 0 saturated heterocycles. The third-order valence-corrected chi connectivity index (χ3v) is 4.65. The molecule has 26 heavy (non-hydrogen) atoms. The van der Waals surface area contributed by atoms with Crippen LogP contribution in [0.3, 0.4) is 0 Å². The summed E-state index contributed by atoms with van der Waals surface area (Å²) in [6, 6.07) is 11.3. The van der Waals surface area contributed by atoms with Gasteiger partial charge in [-0.3, -0.25) is 9.59 Å². The van der Waals surface area contributed by atoms with E-state index in [2.05, 4.69) is 5.32 Å². The Morgan fingerprint density at radius 1 is 1.15 bits per heavy atom. The Bertz CT molecular complexity index is 924. The van der Waals surface area contributed by atoms with Gasteiger partial charge in [0, 0.05) is 18.5 Å². The fraction of sp³-hybridized carbons (Fsp3) is 0.211. The maximum absolute atomic E-state index is 13.0. The number of nitrogens with zero attached hydrogens (tertiary/aromatic N) is 1. The van der Waals surface area contributed by atoms with E-state index in [-0.39, 0.29) is 25.5 Å². The van der Waals surface area contributed by atoms with Crippen LogP contribution < -0.4 is 10.1 Å². The number of carbonyl (C=O) groups is 3. The number of rotatable bonds is 2. The smallest absolute Gasteiger partial charge is 0.326 e. The highest BCUT2D eigenvalue weighted by atomic mass is 16.5. The zero-order chi connectivity index (χ0) is 18.3. The Balaban J connectivity index is 1.67. The van der Waals surface area contributed by atoms with Crippen molar-refractivity contribution in [1.29, 1.82) is 0 Å². The molecular formula is C19H16N2O5. The van der Waals surface area contributed by atoms with Gasteiger partial charge in [-0.1, -0.05) is 24.3 Å². The van der Waals surface area contributed by atoms with E-state index in [4.69, 9.17) is 4.74 Å². The van der Waals surface area contributed by atoms with E-state index in [1.54, 1.807) is 12.1 Å². The molecule has 0 fully saturated rings. The molecule has 7 heteroatoms. The Morgan fingerprint density at radius 3 is 2.69 bits per heavy atom. The zero-order valence-corrected chi connectivity index (χ0v) is 13.8. The predicted octanol–water partition coefficient (Wildman–Crippen LogP) is 1.67. The number of ether oxygens (including phenoxy) is 1. The number of hydrogen-bond acceptors (Lipinski definition) is 4. The van der Waals surface area contributed by atoms with E-state index >= 15 is 0 Å². The summed E-state index contributed by atoms with van der Waals surface area (Å²) in [6.07, 6.45) is 0.266. The molecule has 2 aromatic rings. The maximum Gasteiger partial charge on any atom is 0.326 e. The molecule has 132 valence electrons. The second kappa shape index (κ2) is 6.18. The molecular weight excluding hydrogens is 336 g/mol. The molecule has 0 radical (unpaired) electrons. The molecule has 2 heterocycles. The number of aliphatic carboxylic acids is 1. The third kappa shape index (κ3) is 2.77. The van der Waals surface area contributed by atoms with E-state index in [9.17, 15) is 19.5 Å². The Labute approximate surface area is 149 Å². The van der Waals surface area contributed by atoms with Crippen molar-refractivity contribution in [2.45, 2.75) is 19.0 Å². The van der Waals surface area contributed by atoms with Crippen LogP contribution in [0.15, 0.2) is 42.5 Å². The lowest BCUT2D eigenvalue weighted by Crippen LogP contribution is -2.48. The predicted molar refractivity (Wildman–Crippen MR) is 92.0 cm³/mol. The Kier molecular flexibility index (Phi) is 3.84. The van der Waals surface area contributed by atoms with Gasteiger partial charge in [0.25, 0.3) is 11.8 Å². The summed E-state index contributed by atoms with van der Waals surface area (Å²) in [5.41, 5.74) is 2.60. The van der Waals surface area contributed by atoms with Crippen molar-refractivity contribution in [2.24, 2.45) is 0 Å². The number of carboxylic acids is 1. The van der Waals surface area contributed by atoms with Gasteiger partial charge in [-0.15, -0.1) is 0 Å². The topological polar surface area (TPSA) is 95.9 Å². The monoisotopic (exact) mass is 352 g/mol. The Hall–Kier alpha value is -3.35. The van der Waals surface area contributed by atoms with Crippen molar-refractivity contribution < 1.29 is 24.2 Å². The van der Waals surface area contributed by atoms with Crippen molar-refractivity contribution >= 4 is 23.5 Å². The van der Waals surface area contributed by atoms with E-state index in [1.165, 1.54) is 11.0 Å². The summed E-state index contributed by atoms with van der Waals surface area (Å²) in [5, 5.41) is 12.2. The molecule has 2 aliphatic rings. The first-order chi connectivity index (χ1) is 12.5. The first-order valence-corrected chi connectivity index (χ1v) is 8.20. The number of anilines is 1. The van der Waals surface area contributed by atoms with Crippen molar-refractivity contribution in [3.05, 3.63) is 59.2 Å². The van der Waals surface area contributed by atoms with Crippen LogP contribution in [0, 0.1) is 0 Å². The minimum Gasteiger partial charge on any atom is -0.482 e. The van der Waals surface area contributed by atoms with Crippen LogP contribution in [0.4, 0.5) is 5.69 Å². The van der Waals surface area contributed by atoms with Crippen LogP contribution in [0.5, 0.6) is 5.75 Å². The SMILES string of the molecule is O=C1COc2ccc(C(=O)N3Cc4ccccc4C[C@H]3C(=O)O)cc2N1. The molecule has 7 nitrogen and oxygen atoms in total. The molecule has 0 spiro atoms. The lowest BCUT2D eigenvalue weighted by Gasteiger charge is -2.34. The fourth-order valence-corrected chi connectivity index (χ4v) is 3.34. The molecule has 2 N–H and O–H groups in total. The largest absolute Gasteiger partial charge is 0.482 e. The number of benzene rings is 2. The van der Waals surface area contributed by atoms with E-state index in [1.807, 2.05) is 24.3 Å². The quantitative estimate of drug-likeness (QED) is 0.857. The van der Waals surface area contributed by atoms with E-state index in [0.29, 0.717) is 17.0 Å². The van der Waals surface area contributed by atoms with Gasteiger partial charge in [0.1, 0.15) is 11.8 Å². The second-order valence-corrected chi connectivity index (χ2v) is 6.31. The summed E-state index contributed by atoms with van der Waals surface area (Å²) in [7, 11) is 0. The first kappa shape index (κ1) is 16.1. The minimum absolute atomic E-state index is 0.0652. The molecule has 0 unspecified atom stereocenters. The van der Waals surface area contributed by atoms with Gasteiger partial charge in [0.05, 0.1) is 5.69 Å². The maximum atomic E-state index is 13.0. The van der Waals surface area contributed by atoms with Crippen molar-refractivity contribution in [1.82, 2.24) is 4.90 Å². The fourth-order valence-electron chi connectivity index (χ4n) is 3.34. The van der Waals surface area contributed by atoms with Crippen molar-refractivity contribution in [3.8, 4) is 5.75 Å². The molecule has 4 rings (SSSR count). The van der Waals surface area contributed by atoms with Crippen LogP contribution >= 0.6 is 0 Å². The average molecular weight is 352 g/mol. The number of carbonyl (C=O) groups excluding carboxylic acids is 2. The van der Waals surface area contributed by atoms with Gasteiger partial charge < -0.3 is 20.1 Å². The number of fused-ring (bicyclic) bond motifs is 2. The molecule has 0 aromatic heterocycles. The van der Waals surface area contributed by atoms with E-state index in [0.717, 1.165) is 11.1 Å². The number of carboxylic acid groups (broad SMARTS) is 1. The summed E-state index contributed by atoms with van der Waals surface area (Å²) in [6.45, 7) is 0.163. The Morgan fingerprint density at radius 2 is 1.92 bits per heavy atom. The van der Waals surface area contributed by atoms with Gasteiger partial charge in [-0.05, 0) is 29.3 Å². The third-order valence-electron chi connectivity index (χ3n) is 4.65. The molecule has 2 aromatic carbocycles. The summed E-state index contributed by atoms with van der Waals surface area (Å²) in [4.78, 5) is 37.6. The van der Waals surface area contributed by atoms with Gasteiger partial charge in [-0.25, -0.2) is 4.79 Å². The second-order valence-electron chi connectivity index (χ2n) is 6.31. The van der Waals surface area contributed by atoms with Crippen LogP contribution in [-0.4, -0.2) is 40.4 Å². The van der Waals surface area contributed by atoms with Crippen molar-refractivity contribution in [2.75, 3.05) is 11.9 Å². The molecule has 2 aliphatic heterocycles. The summed E-state index contributed by atoms with van der Waals surface area (Å²) >= 11 is 0. The van der Waals surface area contributed by atoms with Crippen LogP contribution in [-0.2, 0) is 22.6 Å². The van der Waals surface area contributed by atoms with Crippen LogP contribution in [0.2, 0.25) is 0 Å². The molecule has 1 atom stereocenters. The van der Waals surface area contributed by atoms with Crippen molar-refractivity contribution in [3.63, 3.8) is 0 Å². The van der Waals surface area contributed by atoms with Crippen LogP contribution in [0.1, 0.15) is 21.5 Å². The zero-order valence-electron chi connectivity index (χ0n) is 13.8. The minimum atomic E-state index is -1.04. The summed E-state index contributed by atoms with van der Waals surface area (Å²) < 4.78 is 5.29. The molecule has 2 amide bonds.